The summed E-state index contributed by atoms with van der Waals surface area (Å²) in [5.74, 6) is -0.329. The number of hydrogen-bond donors (Lipinski definition) is 2. The minimum Gasteiger partial charge on any atom is -0.477 e. The van der Waals surface area contributed by atoms with Gasteiger partial charge < -0.3 is 9.52 Å². The van der Waals surface area contributed by atoms with Gasteiger partial charge in [-0.25, -0.2) is 4.79 Å². The first-order chi connectivity index (χ1) is 9.47. The zero-order valence-corrected chi connectivity index (χ0v) is 10.9. The van der Waals surface area contributed by atoms with Crippen LogP contribution in [0.5, 0.6) is 0 Å². The van der Waals surface area contributed by atoms with Crippen molar-refractivity contribution in [1.82, 2.24) is 0 Å². The lowest BCUT2D eigenvalue weighted by atomic mass is 10.1. The normalized spacial score (nSPS) is 11.3. The van der Waals surface area contributed by atoms with Gasteiger partial charge in [-0.2, -0.15) is 0 Å². The number of furan rings is 1. The smallest absolute Gasteiger partial charge is 0.342 e. The van der Waals surface area contributed by atoms with Crippen molar-refractivity contribution in [3.8, 4) is 11.3 Å². The number of nitrogens with zero attached hydrogens (tertiary/aromatic N) is 1. The number of carboxylic acid groups (broad SMARTS) is 1. The summed E-state index contributed by atoms with van der Waals surface area (Å²) in [6.45, 7) is 0. The molecule has 1 aromatic heterocycles. The van der Waals surface area contributed by atoms with E-state index in [0.717, 1.165) is 0 Å². The van der Waals surface area contributed by atoms with E-state index in [2.05, 4.69) is 12.6 Å². The molecule has 7 heteroatoms. The molecule has 0 bridgehead atoms. The second kappa shape index (κ2) is 5.62. The van der Waals surface area contributed by atoms with Crippen LogP contribution in [0, 0.1) is 10.1 Å². The van der Waals surface area contributed by atoms with E-state index in [0.29, 0.717) is 17.1 Å². The molecular weight excluding hydrogens is 282 g/mol. The summed E-state index contributed by atoms with van der Waals surface area (Å²) in [6.07, 6.45) is 1.28. The van der Waals surface area contributed by atoms with E-state index in [9.17, 15) is 14.9 Å². The average molecular weight is 291 g/mol. The van der Waals surface area contributed by atoms with Crippen LogP contribution in [0.1, 0.15) is 5.76 Å². The number of carboxylic acids is 1. The molecule has 0 atom stereocenters. The number of nitro groups is 1. The third-order valence-corrected chi connectivity index (χ3v) is 2.81. The average Bonchev–Trinajstić information content (AvgIpc) is 2.87. The van der Waals surface area contributed by atoms with E-state index in [1.807, 2.05) is 0 Å². The third kappa shape index (κ3) is 3.07. The molecule has 1 aromatic carbocycles. The number of benzene rings is 1. The number of thiol groups is 1. The van der Waals surface area contributed by atoms with Crippen molar-refractivity contribution in [3.63, 3.8) is 0 Å². The lowest BCUT2D eigenvalue weighted by Crippen LogP contribution is -1.92. The second-order valence-corrected chi connectivity index (χ2v) is 4.32. The van der Waals surface area contributed by atoms with Gasteiger partial charge in [0, 0.05) is 23.8 Å². The van der Waals surface area contributed by atoms with E-state index in [4.69, 9.17) is 9.52 Å². The van der Waals surface area contributed by atoms with Gasteiger partial charge in [0.05, 0.1) is 9.83 Å². The van der Waals surface area contributed by atoms with E-state index in [1.165, 1.54) is 18.2 Å². The number of aliphatic carboxylic acids is 1. The van der Waals surface area contributed by atoms with Crippen molar-refractivity contribution >= 4 is 30.4 Å². The van der Waals surface area contributed by atoms with Crippen LogP contribution in [-0.2, 0) is 4.79 Å². The predicted molar refractivity (Wildman–Crippen MR) is 75.4 cm³/mol. The van der Waals surface area contributed by atoms with Gasteiger partial charge in [0.15, 0.2) is 0 Å². The monoisotopic (exact) mass is 291 g/mol. The van der Waals surface area contributed by atoms with E-state index < -0.39 is 10.9 Å². The van der Waals surface area contributed by atoms with Gasteiger partial charge in [0.25, 0.3) is 5.69 Å². The number of hydrogen-bond acceptors (Lipinski definition) is 5. The molecule has 102 valence electrons. The van der Waals surface area contributed by atoms with Gasteiger partial charge in [-0.15, -0.1) is 12.6 Å². The lowest BCUT2D eigenvalue weighted by molar-refractivity contribution is -0.384. The van der Waals surface area contributed by atoms with Crippen LogP contribution in [0.15, 0.2) is 45.7 Å². The van der Waals surface area contributed by atoms with Crippen molar-refractivity contribution in [3.05, 3.63) is 57.2 Å². The van der Waals surface area contributed by atoms with Crippen LogP contribution in [0.2, 0.25) is 0 Å². The fourth-order valence-electron chi connectivity index (χ4n) is 1.53. The molecule has 0 unspecified atom stereocenters. The topological polar surface area (TPSA) is 93.6 Å². The minimum absolute atomic E-state index is 0.0102. The Morgan fingerprint density at radius 3 is 2.45 bits per heavy atom. The van der Waals surface area contributed by atoms with Gasteiger partial charge in [-0.1, -0.05) is 0 Å². The number of nitro benzene ring substituents is 1. The number of carbonyl (C=O) groups is 1. The Hall–Kier alpha value is -2.54. The molecule has 1 N–H and O–H groups in total. The molecule has 1 heterocycles. The molecule has 0 aliphatic rings. The van der Waals surface area contributed by atoms with Gasteiger partial charge in [0.2, 0.25) is 0 Å². The van der Waals surface area contributed by atoms with E-state index >= 15 is 0 Å². The Bertz CT molecular complexity index is 687. The van der Waals surface area contributed by atoms with Gasteiger partial charge in [0.1, 0.15) is 11.5 Å². The maximum absolute atomic E-state index is 10.6. The maximum atomic E-state index is 10.6. The number of non-ortho nitro benzene ring substituents is 1. The summed E-state index contributed by atoms with van der Waals surface area (Å²) >= 11 is 3.80. The molecule has 0 aliphatic carbocycles. The third-order valence-electron chi connectivity index (χ3n) is 2.49. The Morgan fingerprint density at radius 1 is 1.25 bits per heavy atom. The summed E-state index contributed by atoms with van der Waals surface area (Å²) in [5.41, 5.74) is 0.648. The zero-order chi connectivity index (χ0) is 14.7. The van der Waals surface area contributed by atoms with Gasteiger partial charge >= 0.3 is 5.97 Å². The zero-order valence-electron chi connectivity index (χ0n) is 10.0. The molecule has 2 aromatic rings. The molecule has 0 fully saturated rings. The standard InChI is InChI=1S/C13H9NO5S/c15-13(16)12(20)7-10-5-6-11(19-10)8-1-3-9(4-2-8)14(17)18/h1-7,20H,(H,15,16)/b12-7-. The van der Waals surface area contributed by atoms with Gasteiger partial charge in [-0.05, 0) is 24.3 Å². The largest absolute Gasteiger partial charge is 0.477 e. The molecule has 0 saturated heterocycles. The molecule has 6 nitrogen and oxygen atoms in total. The van der Waals surface area contributed by atoms with Crippen molar-refractivity contribution < 1.29 is 19.2 Å². The number of rotatable bonds is 4. The molecule has 2 rings (SSSR count). The summed E-state index contributed by atoms with van der Waals surface area (Å²) in [4.78, 5) is 20.5. The summed E-state index contributed by atoms with van der Waals surface area (Å²) in [6, 6.07) is 9.10. The molecule has 0 radical (unpaired) electrons. The van der Waals surface area contributed by atoms with Gasteiger partial charge in [-0.3, -0.25) is 10.1 Å². The quantitative estimate of drug-likeness (QED) is 0.390. The first kappa shape index (κ1) is 13.9. The van der Waals surface area contributed by atoms with Crippen LogP contribution >= 0.6 is 12.6 Å². The van der Waals surface area contributed by atoms with E-state index in [-0.39, 0.29) is 10.6 Å². The van der Waals surface area contributed by atoms with Crippen LogP contribution in [0.25, 0.3) is 17.4 Å². The van der Waals surface area contributed by atoms with Crippen molar-refractivity contribution in [1.29, 1.82) is 0 Å². The first-order valence-corrected chi connectivity index (χ1v) is 5.90. The summed E-state index contributed by atoms with van der Waals surface area (Å²) in [5, 5.41) is 19.2. The second-order valence-electron chi connectivity index (χ2n) is 3.84. The first-order valence-electron chi connectivity index (χ1n) is 5.46. The Morgan fingerprint density at radius 2 is 1.90 bits per heavy atom. The SMILES string of the molecule is O=C(O)/C(S)=C/c1ccc(-c2ccc([N+](=O)[O-])cc2)o1. The summed E-state index contributed by atoms with van der Waals surface area (Å²) < 4.78 is 5.43. The molecule has 20 heavy (non-hydrogen) atoms. The van der Waals surface area contributed by atoms with Crippen molar-refractivity contribution in [2.45, 2.75) is 0 Å². The Balaban J connectivity index is 2.27. The minimum atomic E-state index is -1.15. The van der Waals surface area contributed by atoms with Crippen LogP contribution in [-0.4, -0.2) is 16.0 Å². The highest BCUT2D eigenvalue weighted by Crippen LogP contribution is 2.25. The molecule has 0 aliphatic heterocycles. The fourth-order valence-corrected chi connectivity index (χ4v) is 1.66. The predicted octanol–water partition coefficient (Wildman–Crippen LogP) is 3.21. The highest BCUT2D eigenvalue weighted by molar-refractivity contribution is 7.85. The lowest BCUT2D eigenvalue weighted by Gasteiger charge is -1.96. The highest BCUT2D eigenvalue weighted by Gasteiger charge is 2.09. The van der Waals surface area contributed by atoms with Crippen molar-refractivity contribution in [2.75, 3.05) is 0 Å². The van der Waals surface area contributed by atoms with E-state index in [1.54, 1.807) is 24.3 Å². The Labute approximate surface area is 118 Å². The van der Waals surface area contributed by atoms with Crippen LogP contribution < -0.4 is 0 Å². The maximum Gasteiger partial charge on any atom is 0.342 e. The molecule has 0 amide bonds. The molecule has 0 spiro atoms. The Kier molecular flexibility index (Phi) is 3.90. The van der Waals surface area contributed by atoms with Crippen LogP contribution in [0.4, 0.5) is 5.69 Å². The highest BCUT2D eigenvalue weighted by atomic mass is 32.1. The molecule has 0 saturated carbocycles. The fraction of sp³-hybridized carbons (Fsp3) is 0. The summed E-state index contributed by atoms with van der Waals surface area (Å²) in [7, 11) is 0. The van der Waals surface area contributed by atoms with Crippen molar-refractivity contribution in [2.24, 2.45) is 0 Å². The molecular formula is C13H9NO5S. The van der Waals surface area contributed by atoms with Crippen LogP contribution in [0.3, 0.4) is 0 Å².